The van der Waals surface area contributed by atoms with E-state index in [4.69, 9.17) is 0 Å². The van der Waals surface area contributed by atoms with Crippen molar-refractivity contribution in [2.24, 2.45) is 0 Å². The van der Waals surface area contributed by atoms with Crippen molar-refractivity contribution in [3.05, 3.63) is 21.0 Å². The summed E-state index contributed by atoms with van der Waals surface area (Å²) < 4.78 is 40.8. The summed E-state index contributed by atoms with van der Waals surface area (Å²) in [5.74, 6) is -0.168. The van der Waals surface area contributed by atoms with Crippen molar-refractivity contribution >= 4 is 38.5 Å². The molecule has 84 valence electrons. The molecule has 7 heteroatoms. The zero-order chi connectivity index (χ0) is 11.6. The van der Waals surface area contributed by atoms with Crippen LogP contribution in [0.3, 0.4) is 0 Å². The Bertz CT molecular complexity index is 370. The van der Waals surface area contributed by atoms with Crippen LogP contribution in [0.4, 0.5) is 13.2 Å². The summed E-state index contributed by atoms with van der Waals surface area (Å²) in [7, 11) is 0. The Morgan fingerprint density at radius 3 is 2.60 bits per heavy atom. The van der Waals surface area contributed by atoms with Gasteiger partial charge in [-0.15, -0.1) is 13.2 Å². The number of nitrogens with zero attached hydrogens (tertiary/aromatic N) is 1. The lowest BCUT2D eigenvalue weighted by Crippen LogP contribution is -2.19. The molecule has 0 radical (unpaired) electrons. The SMILES string of the molecule is Cc1cnc(I)c(CBr)c1OC(F)(F)F. The predicted octanol–water partition coefficient (Wildman–Crippen LogP) is 3.79. The van der Waals surface area contributed by atoms with Crippen molar-refractivity contribution in [3.63, 3.8) is 0 Å². The third-order valence-corrected chi connectivity index (χ3v) is 3.09. The van der Waals surface area contributed by atoms with Crippen LogP contribution < -0.4 is 4.74 Å². The average molecular weight is 396 g/mol. The molecule has 0 unspecified atom stereocenters. The molecule has 0 saturated heterocycles. The van der Waals surface area contributed by atoms with Crippen LogP contribution in [0.15, 0.2) is 6.20 Å². The van der Waals surface area contributed by atoms with E-state index in [1.807, 2.05) is 22.6 Å². The molecule has 0 aliphatic rings. The van der Waals surface area contributed by atoms with Crippen LogP contribution in [0.25, 0.3) is 0 Å². The second-order valence-corrected chi connectivity index (χ2v) is 4.30. The highest BCUT2D eigenvalue weighted by atomic mass is 127. The lowest BCUT2D eigenvalue weighted by molar-refractivity contribution is -0.275. The number of ether oxygens (including phenoxy) is 1. The Balaban J connectivity index is 3.20. The van der Waals surface area contributed by atoms with Crippen molar-refractivity contribution in [2.75, 3.05) is 0 Å². The van der Waals surface area contributed by atoms with Gasteiger partial charge in [0.25, 0.3) is 0 Å². The molecule has 2 nitrogen and oxygen atoms in total. The number of aromatic nitrogens is 1. The quantitative estimate of drug-likeness (QED) is 0.432. The van der Waals surface area contributed by atoms with Gasteiger partial charge in [0.05, 0.1) is 0 Å². The minimum Gasteiger partial charge on any atom is -0.405 e. The summed E-state index contributed by atoms with van der Waals surface area (Å²) in [5.41, 5.74) is 0.773. The van der Waals surface area contributed by atoms with Gasteiger partial charge in [0, 0.05) is 22.7 Å². The number of hydrogen-bond donors (Lipinski definition) is 0. The molecular formula is C8H6BrF3INO. The first-order valence-corrected chi connectivity index (χ1v) is 6.01. The second-order valence-electron chi connectivity index (χ2n) is 2.72. The lowest BCUT2D eigenvalue weighted by Gasteiger charge is -2.15. The Hall–Kier alpha value is -0.0500. The molecule has 0 spiro atoms. The topological polar surface area (TPSA) is 22.1 Å². The summed E-state index contributed by atoms with van der Waals surface area (Å²) in [6.45, 7) is 1.52. The number of alkyl halides is 4. The molecule has 0 aliphatic carbocycles. The first-order valence-electron chi connectivity index (χ1n) is 3.81. The van der Waals surface area contributed by atoms with Gasteiger partial charge in [-0.3, -0.25) is 0 Å². The average Bonchev–Trinajstić information content (AvgIpc) is 2.10. The minimum absolute atomic E-state index is 0.168. The van der Waals surface area contributed by atoms with Crippen LogP contribution in [0.5, 0.6) is 5.75 Å². The fraction of sp³-hybridized carbons (Fsp3) is 0.375. The van der Waals surface area contributed by atoms with Crippen molar-refractivity contribution in [3.8, 4) is 5.75 Å². The molecule has 0 fully saturated rings. The Morgan fingerprint density at radius 2 is 2.13 bits per heavy atom. The first kappa shape index (κ1) is 13.0. The van der Waals surface area contributed by atoms with E-state index in [1.165, 1.54) is 13.1 Å². The predicted molar refractivity (Wildman–Crippen MR) is 61.0 cm³/mol. The maximum absolute atomic E-state index is 12.1. The van der Waals surface area contributed by atoms with Crippen LogP contribution in [0, 0.1) is 10.6 Å². The monoisotopic (exact) mass is 395 g/mol. The molecule has 0 atom stereocenters. The molecule has 15 heavy (non-hydrogen) atoms. The van der Waals surface area contributed by atoms with Gasteiger partial charge < -0.3 is 4.74 Å². The first-order chi connectivity index (χ1) is 6.85. The molecule has 0 aromatic carbocycles. The van der Waals surface area contributed by atoms with Crippen molar-refractivity contribution in [1.29, 1.82) is 0 Å². The normalized spacial score (nSPS) is 11.6. The number of hydrogen-bond acceptors (Lipinski definition) is 2. The van der Waals surface area contributed by atoms with E-state index >= 15 is 0 Å². The van der Waals surface area contributed by atoms with Gasteiger partial charge in [0.2, 0.25) is 0 Å². The second kappa shape index (κ2) is 4.86. The van der Waals surface area contributed by atoms with Crippen LogP contribution in [-0.4, -0.2) is 11.3 Å². The van der Waals surface area contributed by atoms with Gasteiger partial charge in [-0.05, 0) is 29.5 Å². The van der Waals surface area contributed by atoms with Crippen LogP contribution in [0.1, 0.15) is 11.1 Å². The van der Waals surface area contributed by atoms with Gasteiger partial charge in [0.1, 0.15) is 9.45 Å². The fourth-order valence-corrected chi connectivity index (χ4v) is 2.61. The molecule has 0 bridgehead atoms. The third kappa shape index (κ3) is 3.47. The summed E-state index contributed by atoms with van der Waals surface area (Å²) in [4.78, 5) is 3.95. The summed E-state index contributed by atoms with van der Waals surface area (Å²) in [5, 5.41) is 0.269. The summed E-state index contributed by atoms with van der Waals surface area (Å²) in [6, 6.07) is 0. The zero-order valence-corrected chi connectivity index (χ0v) is 11.3. The van der Waals surface area contributed by atoms with Gasteiger partial charge in [-0.1, -0.05) is 15.9 Å². The van der Waals surface area contributed by atoms with E-state index in [2.05, 4.69) is 25.7 Å². The largest absolute Gasteiger partial charge is 0.573 e. The van der Waals surface area contributed by atoms with Crippen LogP contribution in [0.2, 0.25) is 0 Å². The van der Waals surface area contributed by atoms with Gasteiger partial charge >= 0.3 is 6.36 Å². The molecule has 0 saturated carbocycles. The Morgan fingerprint density at radius 1 is 1.53 bits per heavy atom. The molecular weight excluding hydrogens is 390 g/mol. The number of halogens is 5. The standard InChI is InChI=1S/C8H6BrF3INO/c1-4-3-14-7(13)5(2-9)6(4)15-8(10,11)12/h3H,2H2,1H3. The van der Waals surface area contributed by atoms with Crippen LogP contribution in [-0.2, 0) is 5.33 Å². The van der Waals surface area contributed by atoms with Crippen molar-refractivity contribution in [2.45, 2.75) is 18.6 Å². The fourth-order valence-electron chi connectivity index (χ4n) is 0.995. The molecule has 0 aliphatic heterocycles. The highest BCUT2D eigenvalue weighted by molar-refractivity contribution is 14.1. The van der Waals surface area contributed by atoms with Crippen LogP contribution >= 0.6 is 38.5 Å². The van der Waals surface area contributed by atoms with E-state index < -0.39 is 6.36 Å². The number of aryl methyl sites for hydroxylation is 1. The molecule has 1 rings (SSSR count). The van der Waals surface area contributed by atoms with E-state index in [0.29, 0.717) is 14.8 Å². The van der Waals surface area contributed by atoms with Gasteiger partial charge in [0.15, 0.2) is 0 Å². The van der Waals surface area contributed by atoms with Gasteiger partial charge in [-0.25, -0.2) is 4.98 Å². The van der Waals surface area contributed by atoms with Crippen molar-refractivity contribution in [1.82, 2.24) is 4.98 Å². The van der Waals surface area contributed by atoms with Crippen molar-refractivity contribution < 1.29 is 17.9 Å². The summed E-state index contributed by atoms with van der Waals surface area (Å²) >= 11 is 4.97. The molecule has 1 aromatic rings. The van der Waals surface area contributed by atoms with Gasteiger partial charge in [-0.2, -0.15) is 0 Å². The molecule has 1 heterocycles. The van der Waals surface area contributed by atoms with E-state index in [1.54, 1.807) is 0 Å². The highest BCUT2D eigenvalue weighted by Crippen LogP contribution is 2.32. The van der Waals surface area contributed by atoms with E-state index in [-0.39, 0.29) is 11.1 Å². The molecule has 0 N–H and O–H groups in total. The highest BCUT2D eigenvalue weighted by Gasteiger charge is 2.33. The number of rotatable bonds is 2. The maximum atomic E-state index is 12.1. The Kier molecular flexibility index (Phi) is 4.21. The molecule has 1 aromatic heterocycles. The zero-order valence-electron chi connectivity index (χ0n) is 7.53. The minimum atomic E-state index is -4.67. The Labute approximate surface area is 106 Å². The summed E-state index contributed by atoms with van der Waals surface area (Å²) in [6.07, 6.45) is -3.32. The number of pyridine rings is 1. The smallest absolute Gasteiger partial charge is 0.405 e. The molecule has 0 amide bonds. The maximum Gasteiger partial charge on any atom is 0.573 e. The van der Waals surface area contributed by atoms with E-state index in [9.17, 15) is 13.2 Å². The lowest BCUT2D eigenvalue weighted by atomic mass is 10.2. The third-order valence-electron chi connectivity index (χ3n) is 1.60. The van der Waals surface area contributed by atoms with E-state index in [0.717, 1.165) is 0 Å².